The molecule has 0 fully saturated rings. The number of aryl methyl sites for hydroxylation is 2. The summed E-state index contributed by atoms with van der Waals surface area (Å²) in [7, 11) is 0. The molecule has 0 saturated carbocycles. The Hall–Kier alpha value is -2.39. The molecule has 0 spiro atoms. The third-order valence-corrected chi connectivity index (χ3v) is 3.53. The SMILES string of the molecule is Cc1cc(C)c(Oc2ccc(C#N)c(Br)c2)c([N+](=O)[O-])c1. The molecule has 106 valence electrons. The maximum Gasteiger partial charge on any atom is 0.312 e. The van der Waals surface area contributed by atoms with Crippen molar-refractivity contribution < 1.29 is 9.66 Å². The summed E-state index contributed by atoms with van der Waals surface area (Å²) in [5.41, 5.74) is 1.88. The normalized spacial score (nSPS) is 10.0. The van der Waals surface area contributed by atoms with Crippen molar-refractivity contribution in [2.45, 2.75) is 13.8 Å². The van der Waals surface area contributed by atoms with Crippen molar-refractivity contribution in [1.29, 1.82) is 5.26 Å². The van der Waals surface area contributed by atoms with Gasteiger partial charge in [-0.05, 0) is 59.1 Å². The average molecular weight is 347 g/mol. The lowest BCUT2D eigenvalue weighted by atomic mass is 10.1. The van der Waals surface area contributed by atoms with E-state index >= 15 is 0 Å². The lowest BCUT2D eigenvalue weighted by Gasteiger charge is -2.10. The second-order valence-electron chi connectivity index (χ2n) is 4.54. The molecule has 0 N–H and O–H groups in total. The van der Waals surface area contributed by atoms with Crippen molar-refractivity contribution >= 4 is 21.6 Å². The van der Waals surface area contributed by atoms with Crippen molar-refractivity contribution in [2.75, 3.05) is 0 Å². The van der Waals surface area contributed by atoms with E-state index < -0.39 is 4.92 Å². The Kier molecular flexibility index (Phi) is 4.24. The quantitative estimate of drug-likeness (QED) is 0.599. The number of nitrogens with zero attached hydrogens (tertiary/aromatic N) is 2. The van der Waals surface area contributed by atoms with Crippen LogP contribution in [-0.4, -0.2) is 4.92 Å². The predicted molar refractivity (Wildman–Crippen MR) is 81.5 cm³/mol. The van der Waals surface area contributed by atoms with Crippen LogP contribution in [0.25, 0.3) is 0 Å². The molecule has 6 heteroatoms. The summed E-state index contributed by atoms with van der Waals surface area (Å²) in [6, 6.07) is 10.1. The molecule has 0 aromatic heterocycles. The molecule has 5 nitrogen and oxygen atoms in total. The zero-order chi connectivity index (χ0) is 15.6. The van der Waals surface area contributed by atoms with Crippen LogP contribution < -0.4 is 4.74 Å². The lowest BCUT2D eigenvalue weighted by molar-refractivity contribution is -0.385. The first-order valence-corrected chi connectivity index (χ1v) is 6.85. The van der Waals surface area contributed by atoms with Gasteiger partial charge in [-0.1, -0.05) is 6.07 Å². The second-order valence-corrected chi connectivity index (χ2v) is 5.40. The van der Waals surface area contributed by atoms with Crippen LogP contribution in [0, 0.1) is 35.3 Å². The molecule has 2 aromatic rings. The molecule has 0 atom stereocenters. The largest absolute Gasteiger partial charge is 0.450 e. The molecule has 2 aromatic carbocycles. The van der Waals surface area contributed by atoms with E-state index in [1.165, 1.54) is 6.07 Å². The van der Waals surface area contributed by atoms with Crippen LogP contribution in [0.5, 0.6) is 11.5 Å². The van der Waals surface area contributed by atoms with Crippen LogP contribution in [0.2, 0.25) is 0 Å². The number of halogens is 1. The molecule has 0 aliphatic rings. The molecule has 21 heavy (non-hydrogen) atoms. The number of hydrogen-bond acceptors (Lipinski definition) is 4. The minimum Gasteiger partial charge on any atom is -0.450 e. The maximum absolute atomic E-state index is 11.2. The van der Waals surface area contributed by atoms with Crippen molar-refractivity contribution in [2.24, 2.45) is 0 Å². The predicted octanol–water partition coefficient (Wildman–Crippen LogP) is 4.64. The highest BCUT2D eigenvalue weighted by molar-refractivity contribution is 9.10. The van der Waals surface area contributed by atoms with Gasteiger partial charge in [0.1, 0.15) is 11.8 Å². The van der Waals surface area contributed by atoms with Crippen molar-refractivity contribution in [3.05, 3.63) is 61.6 Å². The van der Waals surface area contributed by atoms with E-state index in [-0.39, 0.29) is 11.4 Å². The molecule has 0 bridgehead atoms. The van der Waals surface area contributed by atoms with Crippen LogP contribution in [-0.2, 0) is 0 Å². The van der Waals surface area contributed by atoms with E-state index in [4.69, 9.17) is 10.00 Å². The molecule has 2 rings (SSSR count). The minimum absolute atomic E-state index is 0.0759. The average Bonchev–Trinajstić information content (AvgIpc) is 2.41. The van der Waals surface area contributed by atoms with Crippen LogP contribution in [0.1, 0.15) is 16.7 Å². The summed E-state index contributed by atoms with van der Waals surface area (Å²) in [4.78, 5) is 10.7. The maximum atomic E-state index is 11.2. The second kappa shape index (κ2) is 5.94. The van der Waals surface area contributed by atoms with E-state index in [2.05, 4.69) is 15.9 Å². The van der Waals surface area contributed by atoms with Gasteiger partial charge in [-0.2, -0.15) is 5.26 Å². The van der Waals surface area contributed by atoms with E-state index in [1.54, 1.807) is 32.0 Å². The summed E-state index contributed by atoms with van der Waals surface area (Å²) in [6.07, 6.45) is 0. The van der Waals surface area contributed by atoms with Gasteiger partial charge in [-0.15, -0.1) is 0 Å². The molecule has 0 aliphatic carbocycles. The number of nitro groups is 1. The van der Waals surface area contributed by atoms with Crippen molar-refractivity contribution in [3.8, 4) is 17.6 Å². The summed E-state index contributed by atoms with van der Waals surface area (Å²) < 4.78 is 6.23. The number of nitro benzene ring substituents is 1. The van der Waals surface area contributed by atoms with Gasteiger partial charge < -0.3 is 4.74 Å². The van der Waals surface area contributed by atoms with Crippen LogP contribution >= 0.6 is 15.9 Å². The van der Waals surface area contributed by atoms with Gasteiger partial charge in [0.2, 0.25) is 5.75 Å². The fourth-order valence-electron chi connectivity index (χ4n) is 1.97. The fraction of sp³-hybridized carbons (Fsp3) is 0.133. The molecule has 0 saturated heterocycles. The van der Waals surface area contributed by atoms with E-state index in [9.17, 15) is 10.1 Å². The monoisotopic (exact) mass is 346 g/mol. The van der Waals surface area contributed by atoms with Crippen molar-refractivity contribution in [1.82, 2.24) is 0 Å². The van der Waals surface area contributed by atoms with Gasteiger partial charge in [0.05, 0.1) is 10.5 Å². The van der Waals surface area contributed by atoms with Gasteiger partial charge >= 0.3 is 5.69 Å². The molecular formula is C15H11BrN2O3. The fourth-order valence-corrected chi connectivity index (χ4v) is 2.41. The zero-order valence-corrected chi connectivity index (χ0v) is 13.0. The first-order chi connectivity index (χ1) is 9.92. The number of hydrogen-bond donors (Lipinski definition) is 0. The Labute approximate surface area is 130 Å². The lowest BCUT2D eigenvalue weighted by Crippen LogP contribution is -1.97. The highest BCUT2D eigenvalue weighted by Gasteiger charge is 2.19. The Morgan fingerprint density at radius 3 is 2.57 bits per heavy atom. The number of ether oxygens (including phenoxy) is 1. The van der Waals surface area contributed by atoms with E-state index in [0.29, 0.717) is 21.3 Å². The van der Waals surface area contributed by atoms with Crippen LogP contribution in [0.4, 0.5) is 5.69 Å². The number of rotatable bonds is 3. The molecule has 0 unspecified atom stereocenters. The summed E-state index contributed by atoms with van der Waals surface area (Å²) in [5.74, 6) is 0.637. The van der Waals surface area contributed by atoms with Crippen molar-refractivity contribution in [3.63, 3.8) is 0 Å². The van der Waals surface area contributed by atoms with Crippen LogP contribution in [0.15, 0.2) is 34.8 Å². The summed E-state index contributed by atoms with van der Waals surface area (Å²) in [5, 5.41) is 20.0. The molecular weight excluding hydrogens is 336 g/mol. The molecule has 0 radical (unpaired) electrons. The Morgan fingerprint density at radius 1 is 1.29 bits per heavy atom. The minimum atomic E-state index is -0.464. The Balaban J connectivity index is 2.47. The summed E-state index contributed by atoms with van der Waals surface area (Å²) in [6.45, 7) is 3.55. The molecule has 0 heterocycles. The van der Waals surface area contributed by atoms with Gasteiger partial charge in [-0.25, -0.2) is 0 Å². The third-order valence-electron chi connectivity index (χ3n) is 2.88. The molecule has 0 aliphatic heterocycles. The Bertz CT molecular complexity index is 766. The van der Waals surface area contributed by atoms with E-state index in [0.717, 1.165) is 5.56 Å². The van der Waals surface area contributed by atoms with Crippen LogP contribution in [0.3, 0.4) is 0 Å². The van der Waals surface area contributed by atoms with Gasteiger partial charge in [0.25, 0.3) is 0 Å². The third kappa shape index (κ3) is 3.20. The number of benzene rings is 2. The topological polar surface area (TPSA) is 76.2 Å². The first kappa shape index (κ1) is 15.0. The van der Waals surface area contributed by atoms with E-state index in [1.807, 2.05) is 12.1 Å². The Morgan fingerprint density at radius 2 is 2.00 bits per heavy atom. The van der Waals surface area contributed by atoms with Gasteiger partial charge in [0.15, 0.2) is 0 Å². The van der Waals surface area contributed by atoms with Gasteiger partial charge in [-0.3, -0.25) is 10.1 Å². The first-order valence-electron chi connectivity index (χ1n) is 6.05. The molecule has 0 amide bonds. The highest BCUT2D eigenvalue weighted by atomic mass is 79.9. The number of nitriles is 1. The zero-order valence-electron chi connectivity index (χ0n) is 11.4. The standard InChI is InChI=1S/C15H11BrN2O3/c1-9-5-10(2)15(14(6-9)18(19)20)21-12-4-3-11(8-17)13(16)7-12/h3-7H,1-2H3. The summed E-state index contributed by atoms with van der Waals surface area (Å²) >= 11 is 3.26. The van der Waals surface area contributed by atoms with Gasteiger partial charge in [0, 0.05) is 10.5 Å². The smallest absolute Gasteiger partial charge is 0.312 e. The highest BCUT2D eigenvalue weighted by Crippen LogP contribution is 2.36.